The van der Waals surface area contributed by atoms with Gasteiger partial charge >= 0.3 is 5.69 Å². The summed E-state index contributed by atoms with van der Waals surface area (Å²) in [6, 6.07) is 4.96. The summed E-state index contributed by atoms with van der Waals surface area (Å²) < 4.78 is 0. The molecule has 1 aromatic carbocycles. The second kappa shape index (κ2) is 2.91. The Labute approximate surface area is 78.1 Å². The molecule has 5 N–H and O–H groups in total. The quantitative estimate of drug-likeness (QED) is 0.220. The van der Waals surface area contributed by atoms with Crippen LogP contribution >= 0.6 is 0 Å². The first-order chi connectivity index (χ1) is 6.70. The highest BCUT2D eigenvalue weighted by atomic mass is 16.4. The van der Waals surface area contributed by atoms with Crippen LogP contribution in [0.25, 0.3) is 11.0 Å². The number of hydrogen-bond acceptors (Lipinski definition) is 3. The number of rotatable bonds is 1. The Morgan fingerprint density at radius 1 is 1.36 bits per heavy atom. The van der Waals surface area contributed by atoms with Gasteiger partial charge in [0, 0.05) is 5.56 Å². The van der Waals surface area contributed by atoms with E-state index in [0.717, 1.165) is 0 Å². The molecule has 1 heterocycles. The number of amidine groups is 1. The van der Waals surface area contributed by atoms with Crippen molar-refractivity contribution in [2.24, 2.45) is 10.9 Å². The largest absolute Gasteiger partial charge is 0.409 e. The van der Waals surface area contributed by atoms with E-state index in [4.69, 9.17) is 10.9 Å². The molecule has 0 saturated heterocycles. The minimum atomic E-state index is -0.281. The number of nitrogens with zero attached hydrogens (tertiary/aromatic N) is 1. The number of aromatic nitrogens is 2. The van der Waals surface area contributed by atoms with Crippen molar-refractivity contribution < 1.29 is 5.21 Å². The van der Waals surface area contributed by atoms with Gasteiger partial charge in [-0.25, -0.2) is 4.79 Å². The fourth-order valence-electron chi connectivity index (χ4n) is 1.25. The van der Waals surface area contributed by atoms with Crippen molar-refractivity contribution in [2.75, 3.05) is 0 Å². The maximum atomic E-state index is 10.9. The van der Waals surface area contributed by atoms with Gasteiger partial charge in [0.25, 0.3) is 0 Å². The Morgan fingerprint density at radius 2 is 2.07 bits per heavy atom. The van der Waals surface area contributed by atoms with E-state index in [0.29, 0.717) is 16.6 Å². The van der Waals surface area contributed by atoms with Crippen molar-refractivity contribution in [3.63, 3.8) is 0 Å². The topological polar surface area (TPSA) is 107 Å². The third-order valence-electron chi connectivity index (χ3n) is 1.92. The zero-order chi connectivity index (χ0) is 10.1. The molecule has 2 aromatic rings. The SMILES string of the molecule is N/C(=N\O)c1ccc2[nH]c(=O)[nH]c2c1. The van der Waals surface area contributed by atoms with Crippen LogP contribution in [0.15, 0.2) is 28.1 Å². The third-order valence-corrected chi connectivity index (χ3v) is 1.92. The first-order valence-corrected chi connectivity index (χ1v) is 3.90. The molecule has 6 heteroatoms. The summed E-state index contributed by atoms with van der Waals surface area (Å²) in [5.74, 6) is 0.00829. The van der Waals surface area contributed by atoms with E-state index in [-0.39, 0.29) is 11.5 Å². The number of oxime groups is 1. The predicted molar refractivity (Wildman–Crippen MR) is 51.4 cm³/mol. The second-order valence-corrected chi connectivity index (χ2v) is 2.82. The van der Waals surface area contributed by atoms with E-state index < -0.39 is 0 Å². The fraction of sp³-hybridized carbons (Fsp3) is 0. The Kier molecular flexibility index (Phi) is 1.74. The van der Waals surface area contributed by atoms with Crippen LogP contribution in [0.3, 0.4) is 0 Å². The van der Waals surface area contributed by atoms with Gasteiger partial charge in [-0.15, -0.1) is 0 Å². The number of imidazole rings is 1. The summed E-state index contributed by atoms with van der Waals surface area (Å²) in [7, 11) is 0. The van der Waals surface area contributed by atoms with Gasteiger partial charge in [0.1, 0.15) is 0 Å². The van der Waals surface area contributed by atoms with E-state index in [1.165, 1.54) is 0 Å². The number of fused-ring (bicyclic) bond motifs is 1. The summed E-state index contributed by atoms with van der Waals surface area (Å²) in [5, 5.41) is 11.3. The molecule has 72 valence electrons. The molecule has 0 unspecified atom stereocenters. The van der Waals surface area contributed by atoms with E-state index in [1.54, 1.807) is 18.2 Å². The lowest BCUT2D eigenvalue weighted by Gasteiger charge is -1.97. The number of hydrogen-bond donors (Lipinski definition) is 4. The minimum Gasteiger partial charge on any atom is -0.409 e. The molecule has 0 bridgehead atoms. The molecule has 0 radical (unpaired) electrons. The molecule has 0 aliphatic heterocycles. The molecule has 0 amide bonds. The first kappa shape index (κ1) is 8.36. The van der Waals surface area contributed by atoms with Gasteiger partial charge in [-0.3, -0.25) is 0 Å². The van der Waals surface area contributed by atoms with Crippen molar-refractivity contribution in [1.82, 2.24) is 9.97 Å². The molecular formula is C8H8N4O2. The normalized spacial score (nSPS) is 12.1. The highest BCUT2D eigenvalue weighted by molar-refractivity contribution is 5.99. The average molecular weight is 192 g/mol. The lowest BCUT2D eigenvalue weighted by atomic mass is 10.2. The Hall–Kier alpha value is -2.24. The van der Waals surface area contributed by atoms with Crippen molar-refractivity contribution >= 4 is 16.9 Å². The Morgan fingerprint density at radius 3 is 2.79 bits per heavy atom. The van der Waals surface area contributed by atoms with Crippen molar-refractivity contribution in [3.8, 4) is 0 Å². The van der Waals surface area contributed by atoms with Gasteiger partial charge in [-0.2, -0.15) is 0 Å². The van der Waals surface area contributed by atoms with Crippen molar-refractivity contribution in [1.29, 1.82) is 0 Å². The molecule has 0 atom stereocenters. The zero-order valence-electron chi connectivity index (χ0n) is 7.11. The van der Waals surface area contributed by atoms with Crippen LogP contribution in [0.4, 0.5) is 0 Å². The molecule has 2 rings (SSSR count). The summed E-state index contributed by atoms with van der Waals surface area (Å²) >= 11 is 0. The van der Waals surface area contributed by atoms with Crippen LogP contribution < -0.4 is 11.4 Å². The van der Waals surface area contributed by atoms with Gasteiger partial charge in [-0.1, -0.05) is 5.16 Å². The van der Waals surface area contributed by atoms with Crippen LogP contribution in [0.2, 0.25) is 0 Å². The highest BCUT2D eigenvalue weighted by Crippen LogP contribution is 2.09. The van der Waals surface area contributed by atoms with E-state index in [9.17, 15) is 4.79 Å². The van der Waals surface area contributed by atoms with Crippen molar-refractivity contribution in [3.05, 3.63) is 34.2 Å². The zero-order valence-corrected chi connectivity index (χ0v) is 7.11. The maximum Gasteiger partial charge on any atom is 0.323 e. The number of nitrogens with two attached hydrogens (primary N) is 1. The van der Waals surface area contributed by atoms with E-state index in [2.05, 4.69) is 15.1 Å². The molecule has 14 heavy (non-hydrogen) atoms. The molecule has 0 saturated carbocycles. The van der Waals surface area contributed by atoms with E-state index in [1.807, 2.05) is 0 Å². The van der Waals surface area contributed by atoms with Crippen molar-refractivity contribution in [2.45, 2.75) is 0 Å². The molecule has 0 fully saturated rings. The summed E-state index contributed by atoms with van der Waals surface area (Å²) in [5.41, 5.74) is 6.97. The predicted octanol–water partition coefficient (Wildman–Crippen LogP) is -0.0493. The van der Waals surface area contributed by atoms with Gasteiger partial charge in [0.05, 0.1) is 11.0 Å². The lowest BCUT2D eigenvalue weighted by Crippen LogP contribution is -2.12. The molecule has 0 aliphatic carbocycles. The van der Waals surface area contributed by atoms with Crippen LogP contribution in [-0.2, 0) is 0 Å². The Bertz CT molecular complexity index is 552. The minimum absolute atomic E-state index is 0.00829. The third kappa shape index (κ3) is 1.22. The van der Waals surface area contributed by atoms with Gasteiger partial charge in [0.15, 0.2) is 5.84 Å². The molecule has 6 nitrogen and oxygen atoms in total. The molecular weight excluding hydrogens is 184 g/mol. The summed E-state index contributed by atoms with van der Waals surface area (Å²) in [6.07, 6.45) is 0. The molecule has 0 aliphatic rings. The van der Waals surface area contributed by atoms with Gasteiger partial charge in [-0.05, 0) is 18.2 Å². The lowest BCUT2D eigenvalue weighted by molar-refractivity contribution is 0.318. The molecule has 0 spiro atoms. The number of aromatic amines is 2. The van der Waals surface area contributed by atoms with Crippen LogP contribution in [0.5, 0.6) is 0 Å². The van der Waals surface area contributed by atoms with E-state index >= 15 is 0 Å². The summed E-state index contributed by atoms with van der Waals surface area (Å²) in [6.45, 7) is 0. The standard InChI is InChI=1S/C8H8N4O2/c9-7(12-14)4-1-2-5-6(3-4)11-8(13)10-5/h1-3,14H,(H2,9,12)(H2,10,11,13). The number of benzene rings is 1. The smallest absolute Gasteiger partial charge is 0.323 e. The van der Waals surface area contributed by atoms with Crippen LogP contribution in [-0.4, -0.2) is 21.0 Å². The highest BCUT2D eigenvalue weighted by Gasteiger charge is 2.02. The fourth-order valence-corrected chi connectivity index (χ4v) is 1.25. The monoisotopic (exact) mass is 192 g/mol. The van der Waals surface area contributed by atoms with Crippen LogP contribution in [0, 0.1) is 0 Å². The summed E-state index contributed by atoms with van der Waals surface area (Å²) in [4.78, 5) is 16.1. The van der Waals surface area contributed by atoms with Crippen LogP contribution in [0.1, 0.15) is 5.56 Å². The molecule has 1 aromatic heterocycles. The average Bonchev–Trinajstić information content (AvgIpc) is 2.55. The number of nitrogens with one attached hydrogen (secondary N) is 2. The Balaban J connectivity index is 2.67. The number of H-pyrrole nitrogens is 2. The first-order valence-electron chi connectivity index (χ1n) is 3.90. The van der Waals surface area contributed by atoms with Gasteiger partial charge in [0.2, 0.25) is 0 Å². The maximum absolute atomic E-state index is 10.9. The van der Waals surface area contributed by atoms with Gasteiger partial charge < -0.3 is 20.9 Å². The second-order valence-electron chi connectivity index (χ2n) is 2.82.